The summed E-state index contributed by atoms with van der Waals surface area (Å²) in [6.45, 7) is 2.10. The molecule has 0 unspecified atom stereocenters. The summed E-state index contributed by atoms with van der Waals surface area (Å²) in [6.07, 6.45) is -2.29. The van der Waals surface area contributed by atoms with E-state index in [0.717, 1.165) is 24.4 Å². The van der Waals surface area contributed by atoms with E-state index in [9.17, 15) is 27.6 Å². The van der Waals surface area contributed by atoms with Crippen molar-refractivity contribution in [3.8, 4) is 0 Å². The van der Waals surface area contributed by atoms with Gasteiger partial charge in [-0.1, -0.05) is 0 Å². The first-order chi connectivity index (χ1) is 16.2. The summed E-state index contributed by atoms with van der Waals surface area (Å²) < 4.78 is 38.1. The van der Waals surface area contributed by atoms with Gasteiger partial charge in [0.25, 0.3) is 5.91 Å². The fraction of sp³-hybridized carbons (Fsp3) is 0.391. The second-order valence-corrected chi connectivity index (χ2v) is 8.15. The lowest BCUT2D eigenvalue weighted by Crippen LogP contribution is -2.51. The lowest BCUT2D eigenvalue weighted by molar-refractivity contribution is -0.137. The summed E-state index contributed by atoms with van der Waals surface area (Å²) in [6, 6.07) is 8.99. The maximum Gasteiger partial charge on any atom is 0.417 e. The normalized spacial score (nSPS) is 16.7. The molecule has 2 aromatic rings. The number of amides is 3. The molecule has 180 valence electrons. The fourth-order valence-corrected chi connectivity index (χ4v) is 4.01. The number of piperazine rings is 1. The van der Waals surface area contributed by atoms with E-state index in [1.54, 1.807) is 34.1 Å². The second-order valence-electron chi connectivity index (χ2n) is 8.15. The van der Waals surface area contributed by atoms with Crippen LogP contribution in [-0.2, 0) is 15.8 Å². The van der Waals surface area contributed by atoms with Crippen LogP contribution >= 0.6 is 0 Å². The number of nitrogens with one attached hydrogen (secondary N) is 1. The van der Waals surface area contributed by atoms with Gasteiger partial charge in [0.15, 0.2) is 0 Å². The van der Waals surface area contributed by atoms with Crippen LogP contribution < -0.4 is 15.1 Å². The third-order valence-electron chi connectivity index (χ3n) is 5.95. The molecule has 0 spiro atoms. The van der Waals surface area contributed by atoms with Gasteiger partial charge < -0.3 is 20.0 Å². The minimum absolute atomic E-state index is 0.0667. The number of pyridine rings is 1. The molecule has 4 rings (SSSR count). The number of rotatable bonds is 5. The Morgan fingerprint density at radius 2 is 1.68 bits per heavy atom. The van der Waals surface area contributed by atoms with Crippen LogP contribution in [0.1, 0.15) is 28.8 Å². The number of carbonyl (C=O) groups excluding carboxylic acids is 3. The van der Waals surface area contributed by atoms with E-state index in [1.807, 2.05) is 4.90 Å². The van der Waals surface area contributed by atoms with Crippen LogP contribution in [0.15, 0.2) is 42.6 Å². The third kappa shape index (κ3) is 5.29. The van der Waals surface area contributed by atoms with Crippen LogP contribution in [-0.4, -0.2) is 66.9 Å². The topological polar surface area (TPSA) is 85.8 Å². The first-order valence-corrected chi connectivity index (χ1v) is 11.0. The predicted molar refractivity (Wildman–Crippen MR) is 118 cm³/mol. The van der Waals surface area contributed by atoms with Gasteiger partial charge in [-0.3, -0.25) is 14.4 Å². The molecular weight excluding hydrogens is 451 g/mol. The van der Waals surface area contributed by atoms with Crippen LogP contribution in [0, 0.1) is 0 Å². The Labute approximate surface area is 194 Å². The smallest absolute Gasteiger partial charge is 0.353 e. The zero-order chi connectivity index (χ0) is 24.3. The molecule has 3 amide bonds. The summed E-state index contributed by atoms with van der Waals surface area (Å²) in [5.74, 6) is -0.141. The zero-order valence-electron chi connectivity index (χ0n) is 18.3. The molecule has 0 atom stereocenters. The Kier molecular flexibility index (Phi) is 6.71. The van der Waals surface area contributed by atoms with E-state index in [0.29, 0.717) is 50.5 Å². The molecule has 34 heavy (non-hydrogen) atoms. The highest BCUT2D eigenvalue weighted by atomic mass is 19.4. The van der Waals surface area contributed by atoms with E-state index >= 15 is 0 Å². The average Bonchev–Trinajstić information content (AvgIpc) is 3.28. The largest absolute Gasteiger partial charge is 0.417 e. The quantitative estimate of drug-likeness (QED) is 0.718. The second kappa shape index (κ2) is 9.70. The number of halogens is 3. The van der Waals surface area contributed by atoms with Crippen LogP contribution in [0.2, 0.25) is 0 Å². The molecule has 2 saturated heterocycles. The Bertz CT molecular complexity index is 1050. The number of nitrogens with zero attached hydrogens (tertiary/aromatic N) is 4. The van der Waals surface area contributed by atoms with Gasteiger partial charge in [0, 0.05) is 56.6 Å². The maximum absolute atomic E-state index is 12.7. The molecule has 0 radical (unpaired) electrons. The molecule has 1 aromatic heterocycles. The van der Waals surface area contributed by atoms with E-state index in [1.165, 1.54) is 6.07 Å². The lowest BCUT2D eigenvalue weighted by Gasteiger charge is -2.35. The number of carbonyl (C=O) groups is 3. The van der Waals surface area contributed by atoms with Crippen LogP contribution in [0.3, 0.4) is 0 Å². The van der Waals surface area contributed by atoms with Crippen molar-refractivity contribution in [1.29, 1.82) is 0 Å². The van der Waals surface area contributed by atoms with Gasteiger partial charge >= 0.3 is 6.18 Å². The summed E-state index contributed by atoms with van der Waals surface area (Å²) in [5.41, 5.74) is 0.330. The Hall–Kier alpha value is -3.63. The SMILES string of the molecule is O=C(NCC(=O)N1CCN(c2ccc(C(F)(F)F)cn2)CC1)c1ccc(N2CCCC2=O)cc1. The molecule has 1 N–H and O–H groups in total. The van der Waals surface area contributed by atoms with E-state index in [2.05, 4.69) is 10.3 Å². The summed E-state index contributed by atoms with van der Waals surface area (Å²) >= 11 is 0. The van der Waals surface area contributed by atoms with Crippen LogP contribution in [0.25, 0.3) is 0 Å². The van der Waals surface area contributed by atoms with Crippen molar-refractivity contribution in [2.24, 2.45) is 0 Å². The summed E-state index contributed by atoms with van der Waals surface area (Å²) in [4.78, 5) is 45.7. The number of anilines is 2. The van der Waals surface area contributed by atoms with Crippen molar-refractivity contribution in [1.82, 2.24) is 15.2 Å². The lowest BCUT2D eigenvalue weighted by atomic mass is 10.2. The van der Waals surface area contributed by atoms with Gasteiger partial charge in [-0.25, -0.2) is 4.98 Å². The van der Waals surface area contributed by atoms with E-state index in [4.69, 9.17) is 0 Å². The monoisotopic (exact) mass is 475 g/mol. The molecule has 0 aliphatic carbocycles. The molecule has 0 saturated carbocycles. The summed E-state index contributed by atoms with van der Waals surface area (Å²) in [5, 5.41) is 2.61. The number of hydrogen-bond donors (Lipinski definition) is 1. The van der Waals surface area contributed by atoms with Gasteiger partial charge in [-0.05, 0) is 42.8 Å². The minimum atomic E-state index is -4.43. The molecule has 3 heterocycles. The van der Waals surface area contributed by atoms with Crippen molar-refractivity contribution in [3.05, 3.63) is 53.7 Å². The van der Waals surface area contributed by atoms with Gasteiger partial charge in [0.1, 0.15) is 5.82 Å². The van der Waals surface area contributed by atoms with Crippen molar-refractivity contribution >= 4 is 29.2 Å². The van der Waals surface area contributed by atoms with Gasteiger partial charge in [-0.2, -0.15) is 13.2 Å². The molecule has 2 fully saturated rings. The predicted octanol–water partition coefficient (Wildman–Crippen LogP) is 2.31. The summed E-state index contributed by atoms with van der Waals surface area (Å²) in [7, 11) is 0. The molecule has 11 heteroatoms. The molecule has 8 nitrogen and oxygen atoms in total. The fourth-order valence-electron chi connectivity index (χ4n) is 4.01. The first-order valence-electron chi connectivity index (χ1n) is 11.0. The highest BCUT2D eigenvalue weighted by molar-refractivity contribution is 5.98. The van der Waals surface area contributed by atoms with E-state index in [-0.39, 0.29) is 24.3 Å². The highest BCUT2D eigenvalue weighted by Crippen LogP contribution is 2.29. The molecule has 2 aliphatic heterocycles. The number of alkyl halides is 3. The van der Waals surface area contributed by atoms with Gasteiger partial charge in [0.05, 0.1) is 12.1 Å². The van der Waals surface area contributed by atoms with Crippen molar-refractivity contribution < 1.29 is 27.6 Å². The molecule has 1 aromatic carbocycles. The Morgan fingerprint density at radius 3 is 2.24 bits per heavy atom. The van der Waals surface area contributed by atoms with Gasteiger partial charge in [0.2, 0.25) is 11.8 Å². The minimum Gasteiger partial charge on any atom is -0.353 e. The Morgan fingerprint density at radius 1 is 0.971 bits per heavy atom. The number of hydrogen-bond acceptors (Lipinski definition) is 5. The van der Waals surface area contributed by atoms with Crippen molar-refractivity contribution in [2.75, 3.05) is 49.1 Å². The maximum atomic E-state index is 12.7. The molecular formula is C23H24F3N5O3. The van der Waals surface area contributed by atoms with Crippen molar-refractivity contribution in [2.45, 2.75) is 19.0 Å². The standard InChI is InChI=1S/C23H24F3N5O3/c24-23(25,26)17-5-8-19(27-14-17)29-10-12-30(13-11-29)21(33)15-28-22(34)16-3-6-18(7-4-16)31-9-1-2-20(31)32/h3-8,14H,1-2,9-13,15H2,(H,28,34). The van der Waals surface area contributed by atoms with E-state index < -0.39 is 11.7 Å². The average molecular weight is 475 g/mol. The third-order valence-corrected chi connectivity index (χ3v) is 5.95. The molecule has 2 aliphatic rings. The molecule has 0 bridgehead atoms. The van der Waals surface area contributed by atoms with Crippen molar-refractivity contribution in [3.63, 3.8) is 0 Å². The number of benzene rings is 1. The van der Waals surface area contributed by atoms with Gasteiger partial charge in [-0.15, -0.1) is 0 Å². The van der Waals surface area contributed by atoms with Crippen LogP contribution in [0.4, 0.5) is 24.7 Å². The zero-order valence-corrected chi connectivity index (χ0v) is 18.3. The van der Waals surface area contributed by atoms with Crippen LogP contribution in [0.5, 0.6) is 0 Å². The number of aromatic nitrogens is 1. The Balaban J connectivity index is 1.24. The highest BCUT2D eigenvalue weighted by Gasteiger charge is 2.31. The first kappa shape index (κ1) is 23.5.